The molecule has 0 saturated heterocycles. The third kappa shape index (κ3) is 6.40. The Morgan fingerprint density at radius 2 is 0.529 bits per heavy atom. The van der Waals surface area contributed by atoms with Gasteiger partial charge >= 0.3 is 0 Å². The lowest BCUT2D eigenvalue weighted by molar-refractivity contribution is 1.18. The first kappa shape index (κ1) is 39.9. The summed E-state index contributed by atoms with van der Waals surface area (Å²) in [5, 5.41) is 10.1. The Bertz CT molecular complexity index is 3740. The van der Waals surface area contributed by atoms with Crippen molar-refractivity contribution in [3.8, 4) is 55.9 Å². The second-order valence-corrected chi connectivity index (χ2v) is 18.8. The Morgan fingerprint density at radius 1 is 0.221 bits per heavy atom. The maximum atomic E-state index is 2.43. The molecule has 0 N–H and O–H groups in total. The molecule has 2 nitrogen and oxygen atoms in total. The van der Waals surface area contributed by atoms with Crippen molar-refractivity contribution < 1.29 is 0 Å². The van der Waals surface area contributed by atoms with E-state index in [1.807, 2.05) is 0 Å². The number of rotatable bonds is 6. The molecular formula is C66H48N2. The summed E-state index contributed by atoms with van der Waals surface area (Å²) in [6.07, 6.45) is 0. The van der Waals surface area contributed by atoms with E-state index in [0.717, 1.165) is 11.4 Å². The molecule has 0 bridgehead atoms. The van der Waals surface area contributed by atoms with Gasteiger partial charge in [-0.1, -0.05) is 156 Å². The van der Waals surface area contributed by atoms with Crippen LogP contribution >= 0.6 is 0 Å². The molecule has 2 aromatic heterocycles. The van der Waals surface area contributed by atoms with E-state index >= 15 is 0 Å². The number of hydrogen-bond donors (Lipinski definition) is 0. The van der Waals surface area contributed by atoms with Gasteiger partial charge in [0, 0.05) is 32.9 Å². The molecule has 0 amide bonds. The highest BCUT2D eigenvalue weighted by Crippen LogP contribution is 2.46. The van der Waals surface area contributed by atoms with Crippen molar-refractivity contribution in [3.63, 3.8) is 0 Å². The SMILES string of the molecule is Cc1ccc2c(c1)c1cc(C)ccc1n2-c1ccc(-c2ccc3c(-c4ccccc4)c4cc(-c5ccc(-n6c7ccc(C)cc7c7cc(C)ccc76)cc5)ccc4c(-c4ccccc4)c3c2)cc1. The van der Waals surface area contributed by atoms with Crippen molar-refractivity contribution in [2.45, 2.75) is 27.7 Å². The topological polar surface area (TPSA) is 9.86 Å². The molecular weight excluding hydrogens is 821 g/mol. The summed E-state index contributed by atoms with van der Waals surface area (Å²) < 4.78 is 4.82. The molecule has 0 spiro atoms. The van der Waals surface area contributed by atoms with Gasteiger partial charge in [0.25, 0.3) is 0 Å². The average Bonchev–Trinajstić information content (AvgIpc) is 3.86. The van der Waals surface area contributed by atoms with Crippen LogP contribution in [0.5, 0.6) is 0 Å². The van der Waals surface area contributed by atoms with Crippen LogP contribution < -0.4 is 0 Å². The number of benzene rings is 11. The van der Waals surface area contributed by atoms with Crippen LogP contribution in [0, 0.1) is 27.7 Å². The molecule has 0 aliphatic carbocycles. The van der Waals surface area contributed by atoms with Crippen LogP contribution in [0.4, 0.5) is 0 Å². The Labute approximate surface area is 396 Å². The fourth-order valence-electron chi connectivity index (χ4n) is 11.1. The third-order valence-corrected chi connectivity index (χ3v) is 14.3. The van der Waals surface area contributed by atoms with Gasteiger partial charge in [-0.05, 0) is 179 Å². The van der Waals surface area contributed by atoms with Crippen molar-refractivity contribution in [2.24, 2.45) is 0 Å². The monoisotopic (exact) mass is 868 g/mol. The number of hydrogen-bond acceptors (Lipinski definition) is 0. The van der Waals surface area contributed by atoms with Gasteiger partial charge in [0.1, 0.15) is 0 Å². The Morgan fingerprint density at radius 3 is 0.853 bits per heavy atom. The summed E-state index contributed by atoms with van der Waals surface area (Å²) in [6.45, 7) is 8.71. The molecule has 13 aromatic rings. The predicted octanol–water partition coefficient (Wildman–Crippen LogP) is 18.1. The van der Waals surface area contributed by atoms with Crippen LogP contribution in [-0.4, -0.2) is 9.13 Å². The van der Waals surface area contributed by atoms with Crippen molar-refractivity contribution in [2.75, 3.05) is 0 Å². The van der Waals surface area contributed by atoms with Crippen molar-refractivity contribution in [1.29, 1.82) is 0 Å². The van der Waals surface area contributed by atoms with Crippen LogP contribution in [0.25, 0.3) is 121 Å². The first-order valence-corrected chi connectivity index (χ1v) is 23.7. The lowest BCUT2D eigenvalue weighted by Crippen LogP contribution is -1.95. The summed E-state index contributed by atoms with van der Waals surface area (Å²) in [6, 6.07) is 81.6. The van der Waals surface area contributed by atoms with Gasteiger partial charge in [-0.3, -0.25) is 0 Å². The van der Waals surface area contributed by atoms with Crippen molar-refractivity contribution >= 4 is 65.2 Å². The summed E-state index contributed by atoms with van der Waals surface area (Å²) in [7, 11) is 0. The second kappa shape index (κ2) is 15.6. The fraction of sp³-hybridized carbons (Fsp3) is 0.0606. The van der Waals surface area contributed by atoms with Crippen LogP contribution in [0.15, 0.2) is 218 Å². The minimum Gasteiger partial charge on any atom is -0.309 e. The minimum absolute atomic E-state index is 1.16. The van der Waals surface area contributed by atoms with E-state index in [4.69, 9.17) is 0 Å². The lowest BCUT2D eigenvalue weighted by Gasteiger charge is -2.20. The predicted molar refractivity (Wildman–Crippen MR) is 291 cm³/mol. The summed E-state index contributed by atoms with van der Waals surface area (Å²) in [5.41, 5.74) is 22.0. The number of nitrogens with zero attached hydrogens (tertiary/aromatic N) is 2. The smallest absolute Gasteiger partial charge is 0.0541 e. The number of aryl methyl sites for hydroxylation is 4. The normalized spacial score (nSPS) is 11.8. The maximum Gasteiger partial charge on any atom is 0.0541 e. The van der Waals surface area contributed by atoms with E-state index in [9.17, 15) is 0 Å². The van der Waals surface area contributed by atoms with Crippen molar-refractivity contribution in [1.82, 2.24) is 9.13 Å². The molecule has 0 aliphatic rings. The molecule has 68 heavy (non-hydrogen) atoms. The zero-order valence-electron chi connectivity index (χ0n) is 38.7. The van der Waals surface area contributed by atoms with Crippen LogP contribution in [0.1, 0.15) is 22.3 Å². The quantitative estimate of drug-likeness (QED) is 0.147. The molecule has 322 valence electrons. The molecule has 0 saturated carbocycles. The average molecular weight is 869 g/mol. The zero-order chi connectivity index (χ0) is 45.6. The van der Waals surface area contributed by atoms with Gasteiger partial charge in [-0.25, -0.2) is 0 Å². The van der Waals surface area contributed by atoms with Crippen molar-refractivity contribution in [3.05, 3.63) is 241 Å². The summed E-state index contributed by atoms with van der Waals surface area (Å²) >= 11 is 0. The molecule has 2 heteroatoms. The molecule has 0 fully saturated rings. The largest absolute Gasteiger partial charge is 0.309 e. The molecule has 0 aliphatic heterocycles. The Balaban J connectivity index is 0.962. The highest BCUT2D eigenvalue weighted by Gasteiger charge is 2.20. The second-order valence-electron chi connectivity index (χ2n) is 18.8. The third-order valence-electron chi connectivity index (χ3n) is 14.3. The fourth-order valence-corrected chi connectivity index (χ4v) is 11.1. The lowest BCUT2D eigenvalue weighted by atomic mass is 9.84. The standard InChI is InChI=1S/C66H48N2/c1-41-15-31-61-55(35-41)56-36-42(2)16-32-62(56)67(61)51-25-19-45(20-26-51)49-23-29-53-59(39-49)65(47-11-7-5-8-12-47)54-30-24-50(40-60(54)66(53)48-13-9-6-10-14-48)46-21-27-52(28-22-46)68-63-33-17-43(3)37-57(63)58-38-44(4)18-34-64(58)68/h5-40H,1-4H3. The Hall–Kier alpha value is -8.46. The van der Waals surface area contributed by atoms with Gasteiger partial charge in [-0.2, -0.15) is 0 Å². The number of aromatic nitrogens is 2. The highest BCUT2D eigenvalue weighted by molar-refractivity contribution is 6.22. The van der Waals surface area contributed by atoms with Gasteiger partial charge in [0.2, 0.25) is 0 Å². The molecule has 11 aromatic carbocycles. The highest BCUT2D eigenvalue weighted by atomic mass is 15.0. The van der Waals surface area contributed by atoms with Gasteiger partial charge < -0.3 is 9.13 Å². The van der Waals surface area contributed by atoms with Gasteiger partial charge in [0.05, 0.1) is 22.1 Å². The molecule has 0 atom stereocenters. The van der Waals surface area contributed by atoms with Crippen LogP contribution in [0.2, 0.25) is 0 Å². The molecule has 13 rings (SSSR count). The molecule has 0 radical (unpaired) electrons. The van der Waals surface area contributed by atoms with E-state index in [1.165, 1.54) is 132 Å². The molecule has 0 unspecified atom stereocenters. The van der Waals surface area contributed by atoms with Crippen LogP contribution in [0.3, 0.4) is 0 Å². The minimum atomic E-state index is 1.16. The Kier molecular flexibility index (Phi) is 9.13. The van der Waals surface area contributed by atoms with E-state index < -0.39 is 0 Å². The first-order chi connectivity index (χ1) is 33.3. The zero-order valence-corrected chi connectivity index (χ0v) is 38.7. The van der Waals surface area contributed by atoms with Gasteiger partial charge in [0.15, 0.2) is 0 Å². The molecule has 2 heterocycles. The summed E-state index contributed by atoms with van der Waals surface area (Å²) in [5.74, 6) is 0. The van der Waals surface area contributed by atoms with Crippen LogP contribution in [-0.2, 0) is 0 Å². The van der Waals surface area contributed by atoms with Gasteiger partial charge in [-0.15, -0.1) is 0 Å². The first-order valence-electron chi connectivity index (χ1n) is 23.7. The summed E-state index contributed by atoms with van der Waals surface area (Å²) in [4.78, 5) is 0. The van der Waals surface area contributed by atoms with E-state index in [-0.39, 0.29) is 0 Å². The van der Waals surface area contributed by atoms with E-state index in [0.29, 0.717) is 0 Å². The van der Waals surface area contributed by atoms with E-state index in [1.54, 1.807) is 0 Å². The number of fused-ring (bicyclic) bond motifs is 8. The van der Waals surface area contributed by atoms with E-state index in [2.05, 4.69) is 255 Å². The maximum absolute atomic E-state index is 2.43.